The number of quaternary nitrogens is 1. The van der Waals surface area contributed by atoms with Crippen molar-refractivity contribution in [2.75, 3.05) is 18.9 Å². The Hall–Kier alpha value is -1.77. The standard InChI is InChI=1S/C18H27N5OS2/c1-12-7-8-14(9-13(12)2)19-16-21-23(17(25)26-16)11-22(6)10-15(24)20-18(3,4)5/h7-9H,10-11H2,1-6H3,(H,19,21)(H,20,24)/p+1. The first-order chi connectivity index (χ1) is 12.0. The third-order valence-corrected chi connectivity index (χ3v) is 4.98. The molecule has 0 fully saturated rings. The molecule has 0 spiro atoms. The van der Waals surface area contributed by atoms with Crippen molar-refractivity contribution in [2.45, 2.75) is 46.8 Å². The zero-order chi connectivity index (χ0) is 19.5. The maximum atomic E-state index is 12.1. The van der Waals surface area contributed by atoms with Crippen molar-refractivity contribution in [3.8, 4) is 0 Å². The molecule has 6 nitrogen and oxygen atoms in total. The zero-order valence-corrected chi connectivity index (χ0v) is 17.9. The van der Waals surface area contributed by atoms with Gasteiger partial charge in [0.15, 0.2) is 17.2 Å². The molecule has 26 heavy (non-hydrogen) atoms. The lowest BCUT2D eigenvalue weighted by Gasteiger charge is -2.21. The van der Waals surface area contributed by atoms with Crippen LogP contribution in [0.4, 0.5) is 10.8 Å². The van der Waals surface area contributed by atoms with E-state index in [4.69, 9.17) is 12.2 Å². The smallest absolute Gasteiger partial charge is 0.275 e. The lowest BCUT2D eigenvalue weighted by atomic mass is 10.1. The van der Waals surface area contributed by atoms with Gasteiger partial charge in [-0.15, -0.1) is 5.10 Å². The van der Waals surface area contributed by atoms with Gasteiger partial charge in [-0.3, -0.25) is 4.79 Å². The van der Waals surface area contributed by atoms with E-state index in [0.717, 1.165) is 15.7 Å². The van der Waals surface area contributed by atoms with E-state index in [0.29, 0.717) is 17.2 Å². The van der Waals surface area contributed by atoms with Crippen LogP contribution in [0.5, 0.6) is 0 Å². The summed E-state index contributed by atoms with van der Waals surface area (Å²) in [5.41, 5.74) is 3.26. The average Bonchev–Trinajstić information content (AvgIpc) is 2.80. The molecule has 1 atom stereocenters. The lowest BCUT2D eigenvalue weighted by molar-refractivity contribution is -0.895. The van der Waals surface area contributed by atoms with Crippen molar-refractivity contribution in [3.63, 3.8) is 0 Å². The summed E-state index contributed by atoms with van der Waals surface area (Å²) in [4.78, 5) is 13.1. The highest BCUT2D eigenvalue weighted by atomic mass is 32.1. The molecule has 0 radical (unpaired) electrons. The number of anilines is 2. The zero-order valence-electron chi connectivity index (χ0n) is 16.3. The van der Waals surface area contributed by atoms with E-state index in [1.807, 2.05) is 33.9 Å². The molecule has 2 aromatic rings. The highest BCUT2D eigenvalue weighted by Gasteiger charge is 2.18. The van der Waals surface area contributed by atoms with Crippen LogP contribution < -0.4 is 15.5 Å². The number of amides is 1. The molecule has 1 unspecified atom stereocenters. The van der Waals surface area contributed by atoms with Gasteiger partial charge in [0.25, 0.3) is 5.91 Å². The van der Waals surface area contributed by atoms with E-state index in [2.05, 4.69) is 41.7 Å². The fourth-order valence-electron chi connectivity index (χ4n) is 2.45. The maximum absolute atomic E-state index is 12.1. The summed E-state index contributed by atoms with van der Waals surface area (Å²) in [6.07, 6.45) is 0. The fourth-order valence-corrected chi connectivity index (χ4v) is 3.47. The number of nitrogens with one attached hydrogen (secondary N) is 3. The molecule has 0 aliphatic rings. The number of carbonyl (C=O) groups excluding carboxylic acids is 1. The van der Waals surface area contributed by atoms with Crippen molar-refractivity contribution in [1.29, 1.82) is 0 Å². The van der Waals surface area contributed by atoms with Gasteiger partial charge in [-0.05, 0) is 70.1 Å². The van der Waals surface area contributed by atoms with E-state index in [-0.39, 0.29) is 11.4 Å². The van der Waals surface area contributed by atoms with Gasteiger partial charge in [-0.1, -0.05) is 17.4 Å². The minimum atomic E-state index is -0.225. The highest BCUT2D eigenvalue weighted by Crippen LogP contribution is 2.22. The second-order valence-electron chi connectivity index (χ2n) is 7.69. The van der Waals surface area contributed by atoms with Gasteiger partial charge in [0.05, 0.1) is 7.05 Å². The number of aryl methyl sites for hydroxylation is 2. The van der Waals surface area contributed by atoms with Crippen LogP contribution in [0.25, 0.3) is 0 Å². The molecular weight excluding hydrogens is 366 g/mol. The topological polar surface area (TPSA) is 63.4 Å². The van der Waals surface area contributed by atoms with Crippen LogP contribution in [0.15, 0.2) is 18.2 Å². The number of hydrogen-bond donors (Lipinski definition) is 3. The average molecular weight is 395 g/mol. The molecule has 8 heteroatoms. The summed E-state index contributed by atoms with van der Waals surface area (Å²) in [5.74, 6) is 0.0187. The van der Waals surface area contributed by atoms with Crippen LogP contribution in [0, 0.1) is 17.8 Å². The van der Waals surface area contributed by atoms with Gasteiger partial charge in [0.1, 0.15) is 0 Å². The van der Waals surface area contributed by atoms with Gasteiger partial charge in [-0.2, -0.15) is 4.68 Å². The monoisotopic (exact) mass is 394 g/mol. The first kappa shape index (κ1) is 20.5. The first-order valence-corrected chi connectivity index (χ1v) is 9.80. The number of carbonyl (C=O) groups is 1. The lowest BCUT2D eigenvalue weighted by Crippen LogP contribution is -3.09. The molecule has 0 aliphatic carbocycles. The normalized spacial score (nSPS) is 12.7. The second kappa shape index (κ2) is 8.28. The van der Waals surface area contributed by atoms with Gasteiger partial charge in [-0.25, -0.2) is 0 Å². The Morgan fingerprint density at radius 3 is 2.62 bits per heavy atom. The highest BCUT2D eigenvalue weighted by molar-refractivity contribution is 7.73. The summed E-state index contributed by atoms with van der Waals surface area (Å²) in [5, 5.41) is 11.6. The molecule has 2 rings (SSSR count). The molecule has 1 amide bonds. The molecule has 0 bridgehead atoms. The maximum Gasteiger partial charge on any atom is 0.275 e. The molecular formula is C18H28N5OS2+. The van der Waals surface area contributed by atoms with E-state index in [1.54, 1.807) is 4.68 Å². The van der Waals surface area contributed by atoms with Crippen LogP contribution in [-0.2, 0) is 11.5 Å². The molecule has 142 valence electrons. The van der Waals surface area contributed by atoms with Crippen LogP contribution >= 0.6 is 23.6 Å². The Morgan fingerprint density at radius 1 is 1.31 bits per heavy atom. The largest absolute Gasteiger partial charge is 0.347 e. The van der Waals surface area contributed by atoms with E-state index >= 15 is 0 Å². The van der Waals surface area contributed by atoms with E-state index in [1.165, 1.54) is 22.5 Å². The Morgan fingerprint density at radius 2 is 2.00 bits per heavy atom. The van der Waals surface area contributed by atoms with Crippen LogP contribution in [-0.4, -0.2) is 34.8 Å². The first-order valence-electron chi connectivity index (χ1n) is 8.58. The summed E-state index contributed by atoms with van der Waals surface area (Å²) >= 11 is 6.85. The number of hydrogen-bond acceptors (Lipinski definition) is 5. The number of aromatic nitrogens is 2. The minimum Gasteiger partial charge on any atom is -0.347 e. The number of benzene rings is 1. The minimum absolute atomic E-state index is 0.0187. The van der Waals surface area contributed by atoms with Gasteiger partial charge in [0.2, 0.25) is 5.13 Å². The predicted octanol–water partition coefficient (Wildman–Crippen LogP) is 2.42. The Labute approximate surface area is 164 Å². The SMILES string of the molecule is Cc1ccc(Nc2nn(C[NH+](C)CC(=O)NC(C)(C)C)c(=S)s2)cc1C. The molecule has 0 saturated carbocycles. The predicted molar refractivity (Wildman–Crippen MR) is 110 cm³/mol. The van der Waals surface area contributed by atoms with Crippen LogP contribution in [0.1, 0.15) is 31.9 Å². The van der Waals surface area contributed by atoms with Crippen LogP contribution in [0.3, 0.4) is 0 Å². The summed E-state index contributed by atoms with van der Waals surface area (Å²) in [6.45, 7) is 11.0. The van der Waals surface area contributed by atoms with Gasteiger partial charge >= 0.3 is 0 Å². The number of rotatable bonds is 6. The van der Waals surface area contributed by atoms with E-state index in [9.17, 15) is 4.79 Å². The Kier molecular flexibility index (Phi) is 6.54. The Balaban J connectivity index is 2.00. The second-order valence-corrected chi connectivity index (χ2v) is 9.31. The van der Waals surface area contributed by atoms with Crippen molar-refractivity contribution in [3.05, 3.63) is 33.3 Å². The van der Waals surface area contributed by atoms with Crippen LogP contribution in [0.2, 0.25) is 0 Å². The quantitative estimate of drug-likeness (QED) is 0.659. The summed E-state index contributed by atoms with van der Waals surface area (Å²) < 4.78 is 2.45. The molecule has 0 saturated heterocycles. The molecule has 1 aromatic carbocycles. The molecule has 1 heterocycles. The van der Waals surface area contributed by atoms with E-state index < -0.39 is 0 Å². The third-order valence-electron chi connectivity index (χ3n) is 3.76. The molecule has 3 N–H and O–H groups in total. The van der Waals surface area contributed by atoms with Crippen molar-refractivity contribution in [1.82, 2.24) is 15.1 Å². The number of nitrogens with zero attached hydrogens (tertiary/aromatic N) is 2. The third kappa shape index (κ3) is 6.19. The van der Waals surface area contributed by atoms with Crippen molar-refractivity contribution < 1.29 is 9.69 Å². The Bertz CT molecular complexity index is 835. The summed E-state index contributed by atoms with van der Waals surface area (Å²) in [7, 11) is 1.96. The molecule has 1 aromatic heterocycles. The number of likely N-dealkylation sites (N-methyl/N-ethyl adjacent to an activating group) is 1. The van der Waals surface area contributed by atoms with Crippen molar-refractivity contribution in [2.24, 2.45) is 0 Å². The fraction of sp³-hybridized carbons (Fsp3) is 0.500. The molecule has 0 aliphatic heterocycles. The van der Waals surface area contributed by atoms with Crippen molar-refractivity contribution >= 4 is 40.3 Å². The van der Waals surface area contributed by atoms with Gasteiger partial charge in [0, 0.05) is 11.2 Å². The van der Waals surface area contributed by atoms with Gasteiger partial charge < -0.3 is 15.5 Å². The summed E-state index contributed by atoms with van der Waals surface area (Å²) in [6, 6.07) is 6.21.